The summed E-state index contributed by atoms with van der Waals surface area (Å²) in [5, 5.41) is 22.8. The SMILES string of the molecule is CSC1CCCC(NC(=O)c2c(O)cccc2O)C1. The fraction of sp³-hybridized carbons (Fsp3) is 0.500. The first-order valence-electron chi connectivity index (χ1n) is 6.46. The van der Waals surface area contributed by atoms with E-state index in [1.165, 1.54) is 24.6 Å². The highest BCUT2D eigenvalue weighted by Gasteiger charge is 2.25. The Balaban J connectivity index is 2.05. The summed E-state index contributed by atoms with van der Waals surface area (Å²) in [5.41, 5.74) is -0.0335. The van der Waals surface area contributed by atoms with Crippen LogP contribution in [-0.2, 0) is 0 Å². The molecule has 1 saturated carbocycles. The zero-order valence-corrected chi connectivity index (χ0v) is 11.7. The van der Waals surface area contributed by atoms with Crippen molar-refractivity contribution in [2.75, 3.05) is 6.26 Å². The van der Waals surface area contributed by atoms with Crippen molar-refractivity contribution < 1.29 is 15.0 Å². The third kappa shape index (κ3) is 3.35. The van der Waals surface area contributed by atoms with E-state index in [0.717, 1.165) is 19.3 Å². The van der Waals surface area contributed by atoms with Crippen LogP contribution in [0, 0.1) is 0 Å². The number of amides is 1. The molecule has 2 atom stereocenters. The molecule has 0 heterocycles. The quantitative estimate of drug-likeness (QED) is 0.796. The molecule has 2 rings (SSSR count). The molecule has 4 nitrogen and oxygen atoms in total. The average Bonchev–Trinajstić information content (AvgIpc) is 2.38. The first-order valence-corrected chi connectivity index (χ1v) is 7.75. The Bertz CT molecular complexity index is 444. The monoisotopic (exact) mass is 281 g/mol. The average molecular weight is 281 g/mol. The third-order valence-electron chi connectivity index (χ3n) is 3.54. The molecule has 1 fully saturated rings. The van der Waals surface area contributed by atoms with Crippen molar-refractivity contribution in [2.45, 2.75) is 37.0 Å². The molecule has 0 saturated heterocycles. The molecule has 0 aliphatic heterocycles. The van der Waals surface area contributed by atoms with E-state index in [0.29, 0.717) is 5.25 Å². The predicted octanol–water partition coefficient (Wildman–Crippen LogP) is 2.50. The molecule has 1 amide bonds. The van der Waals surface area contributed by atoms with Crippen LogP contribution in [0.25, 0.3) is 0 Å². The van der Waals surface area contributed by atoms with Crippen LogP contribution in [0.3, 0.4) is 0 Å². The van der Waals surface area contributed by atoms with Crippen molar-refractivity contribution in [2.24, 2.45) is 0 Å². The number of rotatable bonds is 3. The van der Waals surface area contributed by atoms with Crippen LogP contribution in [0.2, 0.25) is 0 Å². The fourth-order valence-electron chi connectivity index (χ4n) is 2.51. The van der Waals surface area contributed by atoms with Crippen LogP contribution in [-0.4, -0.2) is 33.7 Å². The first-order chi connectivity index (χ1) is 9.11. The van der Waals surface area contributed by atoms with Crippen LogP contribution in [0.1, 0.15) is 36.0 Å². The number of benzene rings is 1. The Morgan fingerprint density at radius 2 is 2.00 bits per heavy atom. The Hall–Kier alpha value is -1.36. The lowest BCUT2D eigenvalue weighted by Gasteiger charge is -2.28. The van der Waals surface area contributed by atoms with Gasteiger partial charge in [0, 0.05) is 11.3 Å². The highest BCUT2D eigenvalue weighted by Crippen LogP contribution is 2.29. The van der Waals surface area contributed by atoms with Gasteiger partial charge in [0.25, 0.3) is 5.91 Å². The molecular formula is C14H19NO3S. The van der Waals surface area contributed by atoms with Crippen molar-refractivity contribution in [1.82, 2.24) is 5.32 Å². The van der Waals surface area contributed by atoms with Gasteiger partial charge in [-0.2, -0.15) is 11.8 Å². The van der Waals surface area contributed by atoms with Gasteiger partial charge >= 0.3 is 0 Å². The van der Waals surface area contributed by atoms with Gasteiger partial charge in [0.05, 0.1) is 0 Å². The topological polar surface area (TPSA) is 69.6 Å². The molecule has 104 valence electrons. The molecule has 3 N–H and O–H groups in total. The summed E-state index contributed by atoms with van der Waals surface area (Å²) in [6, 6.07) is 4.43. The van der Waals surface area contributed by atoms with Crippen molar-refractivity contribution in [1.29, 1.82) is 0 Å². The van der Waals surface area contributed by atoms with Gasteiger partial charge in [0.2, 0.25) is 0 Å². The zero-order valence-electron chi connectivity index (χ0n) is 10.9. The van der Waals surface area contributed by atoms with E-state index in [-0.39, 0.29) is 23.1 Å². The number of phenolic OH excluding ortho intramolecular Hbond substituents is 2. The molecule has 19 heavy (non-hydrogen) atoms. The second-order valence-corrected chi connectivity index (χ2v) is 6.00. The van der Waals surface area contributed by atoms with E-state index >= 15 is 0 Å². The lowest BCUT2D eigenvalue weighted by atomic mass is 9.94. The Kier molecular flexibility index (Phi) is 4.58. The summed E-state index contributed by atoms with van der Waals surface area (Å²) < 4.78 is 0. The molecule has 1 aliphatic rings. The molecule has 0 spiro atoms. The molecule has 5 heteroatoms. The van der Waals surface area contributed by atoms with Gasteiger partial charge in [-0.3, -0.25) is 4.79 Å². The third-order valence-corrected chi connectivity index (χ3v) is 4.64. The molecule has 0 radical (unpaired) electrons. The van der Waals surface area contributed by atoms with E-state index in [4.69, 9.17) is 0 Å². The second kappa shape index (κ2) is 6.19. The lowest BCUT2D eigenvalue weighted by molar-refractivity contribution is 0.0923. The van der Waals surface area contributed by atoms with Crippen LogP contribution >= 0.6 is 11.8 Å². The van der Waals surface area contributed by atoms with E-state index in [2.05, 4.69) is 11.6 Å². The number of thioether (sulfide) groups is 1. The van der Waals surface area contributed by atoms with Gasteiger partial charge in [-0.1, -0.05) is 12.5 Å². The van der Waals surface area contributed by atoms with E-state index in [9.17, 15) is 15.0 Å². The maximum atomic E-state index is 12.1. The molecule has 1 aliphatic carbocycles. The van der Waals surface area contributed by atoms with Crippen LogP contribution in [0.5, 0.6) is 11.5 Å². The van der Waals surface area contributed by atoms with Gasteiger partial charge < -0.3 is 15.5 Å². The minimum Gasteiger partial charge on any atom is -0.507 e. The van der Waals surface area contributed by atoms with Crippen LogP contribution in [0.15, 0.2) is 18.2 Å². The van der Waals surface area contributed by atoms with Crippen LogP contribution < -0.4 is 5.32 Å². The van der Waals surface area contributed by atoms with Gasteiger partial charge in [0.1, 0.15) is 17.1 Å². The number of aromatic hydroxyl groups is 2. The van der Waals surface area contributed by atoms with Crippen molar-refractivity contribution >= 4 is 17.7 Å². The fourth-order valence-corrected chi connectivity index (χ4v) is 3.34. The van der Waals surface area contributed by atoms with Crippen molar-refractivity contribution in [3.05, 3.63) is 23.8 Å². The summed E-state index contributed by atoms with van der Waals surface area (Å²) in [7, 11) is 0. The molecule has 0 bridgehead atoms. The van der Waals surface area contributed by atoms with E-state index < -0.39 is 5.91 Å². The zero-order chi connectivity index (χ0) is 13.8. The number of carbonyl (C=O) groups excluding carboxylic acids is 1. The molecular weight excluding hydrogens is 262 g/mol. The summed E-state index contributed by atoms with van der Waals surface area (Å²) in [6.45, 7) is 0. The summed E-state index contributed by atoms with van der Waals surface area (Å²) >= 11 is 1.83. The Morgan fingerprint density at radius 1 is 1.32 bits per heavy atom. The highest BCUT2D eigenvalue weighted by atomic mass is 32.2. The van der Waals surface area contributed by atoms with E-state index in [1.54, 1.807) is 0 Å². The van der Waals surface area contributed by atoms with Gasteiger partial charge in [0.15, 0.2) is 0 Å². The van der Waals surface area contributed by atoms with E-state index in [1.807, 2.05) is 11.8 Å². The van der Waals surface area contributed by atoms with Crippen molar-refractivity contribution in [3.8, 4) is 11.5 Å². The normalized spacial score (nSPS) is 23.0. The van der Waals surface area contributed by atoms with Gasteiger partial charge in [-0.25, -0.2) is 0 Å². The largest absolute Gasteiger partial charge is 0.507 e. The first kappa shape index (κ1) is 14.1. The minimum atomic E-state index is -0.401. The molecule has 1 aromatic carbocycles. The summed E-state index contributed by atoms with van der Waals surface area (Å²) in [6.07, 6.45) is 6.28. The lowest BCUT2D eigenvalue weighted by Crippen LogP contribution is -2.39. The van der Waals surface area contributed by atoms with Gasteiger partial charge in [-0.15, -0.1) is 0 Å². The molecule has 1 aromatic rings. The van der Waals surface area contributed by atoms with Crippen molar-refractivity contribution in [3.63, 3.8) is 0 Å². The smallest absolute Gasteiger partial charge is 0.259 e. The summed E-state index contributed by atoms with van der Waals surface area (Å²) in [4.78, 5) is 12.1. The minimum absolute atomic E-state index is 0.0335. The Labute approximate surface area is 117 Å². The predicted molar refractivity (Wildman–Crippen MR) is 76.8 cm³/mol. The standard InChI is InChI=1S/C14H19NO3S/c1-19-10-5-2-4-9(8-10)15-14(18)13-11(16)6-3-7-12(13)17/h3,6-7,9-10,16-17H,2,4-5,8H2,1H3,(H,15,18). The second-order valence-electron chi connectivity index (χ2n) is 4.87. The molecule has 2 unspecified atom stereocenters. The Morgan fingerprint density at radius 3 is 2.63 bits per heavy atom. The maximum Gasteiger partial charge on any atom is 0.259 e. The van der Waals surface area contributed by atoms with Crippen LogP contribution in [0.4, 0.5) is 0 Å². The number of phenols is 2. The van der Waals surface area contributed by atoms with Gasteiger partial charge in [-0.05, 0) is 37.7 Å². The number of nitrogens with one attached hydrogen (secondary N) is 1. The number of hydrogen-bond acceptors (Lipinski definition) is 4. The molecule has 0 aromatic heterocycles. The maximum absolute atomic E-state index is 12.1. The number of hydrogen-bond donors (Lipinski definition) is 3. The number of carbonyl (C=O) groups is 1. The summed E-state index contributed by atoms with van der Waals surface area (Å²) in [5.74, 6) is -0.771. The highest BCUT2D eigenvalue weighted by molar-refractivity contribution is 7.99.